The van der Waals surface area contributed by atoms with Gasteiger partial charge in [0.1, 0.15) is 0 Å². The van der Waals surface area contributed by atoms with Gasteiger partial charge in [0.25, 0.3) is 0 Å². The van der Waals surface area contributed by atoms with Crippen LogP contribution in [0.25, 0.3) is 0 Å². The highest BCUT2D eigenvalue weighted by atomic mass is 16.2. The fourth-order valence-corrected chi connectivity index (χ4v) is 3.27. The van der Waals surface area contributed by atoms with Crippen LogP contribution in [0.2, 0.25) is 0 Å². The zero-order chi connectivity index (χ0) is 15.5. The van der Waals surface area contributed by atoms with Crippen molar-refractivity contribution >= 4 is 17.8 Å². The molecule has 0 radical (unpaired) electrons. The van der Waals surface area contributed by atoms with Crippen molar-refractivity contribution in [2.75, 3.05) is 31.1 Å². The van der Waals surface area contributed by atoms with E-state index in [9.17, 15) is 9.59 Å². The van der Waals surface area contributed by atoms with Crippen LogP contribution in [0, 0.1) is 11.8 Å². The van der Waals surface area contributed by atoms with Gasteiger partial charge in [-0.25, -0.2) is 9.97 Å². The first-order chi connectivity index (χ1) is 10.6. The number of carbonyl (C=O) groups is 2. The zero-order valence-electron chi connectivity index (χ0n) is 12.5. The quantitative estimate of drug-likeness (QED) is 0.850. The molecule has 1 aromatic rings. The van der Waals surface area contributed by atoms with Gasteiger partial charge in [0.05, 0.1) is 11.8 Å². The Morgan fingerprint density at radius 3 is 2.55 bits per heavy atom. The summed E-state index contributed by atoms with van der Waals surface area (Å²) in [6, 6.07) is 1.78. The number of carbonyl (C=O) groups excluding carboxylic acids is 2. The van der Waals surface area contributed by atoms with Gasteiger partial charge in [-0.3, -0.25) is 9.59 Å². The van der Waals surface area contributed by atoms with Crippen LogP contribution in [-0.2, 0) is 9.59 Å². The summed E-state index contributed by atoms with van der Waals surface area (Å²) < 4.78 is 0. The molecule has 2 atom stereocenters. The highest BCUT2D eigenvalue weighted by Crippen LogP contribution is 2.24. The maximum atomic E-state index is 12.7. The second kappa shape index (κ2) is 6.29. The van der Waals surface area contributed by atoms with Crippen molar-refractivity contribution in [1.29, 1.82) is 0 Å². The molecule has 2 amide bonds. The first-order valence-corrected chi connectivity index (χ1v) is 7.75. The Bertz CT molecular complexity index is 550. The Balaban J connectivity index is 1.62. The minimum absolute atomic E-state index is 0.0517. The van der Waals surface area contributed by atoms with Gasteiger partial charge in [0, 0.05) is 38.6 Å². The van der Waals surface area contributed by atoms with Gasteiger partial charge in [0.15, 0.2) is 0 Å². The highest BCUT2D eigenvalue weighted by Gasteiger charge is 2.35. The van der Waals surface area contributed by atoms with Crippen molar-refractivity contribution in [3.8, 4) is 0 Å². The molecule has 0 unspecified atom stereocenters. The maximum Gasteiger partial charge on any atom is 0.227 e. The number of rotatable bonds is 3. The van der Waals surface area contributed by atoms with Crippen LogP contribution in [0.5, 0.6) is 0 Å². The first-order valence-electron chi connectivity index (χ1n) is 7.75. The summed E-state index contributed by atoms with van der Waals surface area (Å²) in [5, 5.41) is 0. The molecule has 3 rings (SSSR count). The van der Waals surface area contributed by atoms with Crippen LogP contribution in [0.1, 0.15) is 19.3 Å². The zero-order valence-corrected chi connectivity index (χ0v) is 12.5. The lowest BCUT2D eigenvalue weighted by atomic mass is 9.97. The maximum absolute atomic E-state index is 12.7. The standard InChI is InChI=1S/C15H21N5O2/c16-13(21)11-4-8-19(9-11)14(22)12-3-1-7-20(10-12)15-17-5-2-6-18-15/h2,5-6,11-12H,1,3-4,7-10H2,(H2,16,21)/t11-,12+/m1/s1. The summed E-state index contributed by atoms with van der Waals surface area (Å²) in [5.74, 6) is 0.254. The molecule has 118 valence electrons. The lowest BCUT2D eigenvalue weighted by Gasteiger charge is -2.33. The monoisotopic (exact) mass is 303 g/mol. The van der Waals surface area contributed by atoms with E-state index in [1.165, 1.54) is 0 Å². The number of primary amides is 1. The Morgan fingerprint density at radius 2 is 1.86 bits per heavy atom. The van der Waals surface area contributed by atoms with Crippen LogP contribution < -0.4 is 10.6 Å². The molecular weight excluding hydrogens is 282 g/mol. The summed E-state index contributed by atoms with van der Waals surface area (Å²) in [5.41, 5.74) is 5.33. The molecule has 0 aromatic carbocycles. The van der Waals surface area contributed by atoms with E-state index in [4.69, 9.17) is 5.73 Å². The van der Waals surface area contributed by atoms with Crippen molar-refractivity contribution in [2.24, 2.45) is 17.6 Å². The minimum atomic E-state index is -0.307. The Morgan fingerprint density at radius 1 is 1.09 bits per heavy atom. The van der Waals surface area contributed by atoms with Crippen molar-refractivity contribution in [3.63, 3.8) is 0 Å². The molecule has 7 nitrogen and oxygen atoms in total. The van der Waals surface area contributed by atoms with E-state index in [0.29, 0.717) is 32.0 Å². The number of likely N-dealkylation sites (tertiary alicyclic amines) is 1. The molecule has 0 bridgehead atoms. The predicted octanol–water partition coefficient (Wildman–Crippen LogP) is 0.0268. The average molecular weight is 303 g/mol. The Kier molecular flexibility index (Phi) is 4.22. The van der Waals surface area contributed by atoms with Gasteiger partial charge >= 0.3 is 0 Å². The van der Waals surface area contributed by atoms with E-state index in [1.807, 2.05) is 0 Å². The summed E-state index contributed by atoms with van der Waals surface area (Å²) in [7, 11) is 0. The summed E-state index contributed by atoms with van der Waals surface area (Å²) in [4.78, 5) is 36.3. The van der Waals surface area contributed by atoms with E-state index in [2.05, 4.69) is 14.9 Å². The molecule has 0 saturated carbocycles. The van der Waals surface area contributed by atoms with E-state index < -0.39 is 0 Å². The largest absolute Gasteiger partial charge is 0.369 e. The van der Waals surface area contributed by atoms with Crippen molar-refractivity contribution < 1.29 is 9.59 Å². The smallest absolute Gasteiger partial charge is 0.227 e. The lowest BCUT2D eigenvalue weighted by Crippen LogP contribution is -2.45. The number of hydrogen-bond donors (Lipinski definition) is 1. The van der Waals surface area contributed by atoms with Gasteiger partial charge < -0.3 is 15.5 Å². The summed E-state index contributed by atoms with van der Waals surface area (Å²) in [6.45, 7) is 2.61. The average Bonchev–Trinajstić information content (AvgIpc) is 3.05. The van der Waals surface area contributed by atoms with Crippen LogP contribution in [0.4, 0.5) is 5.95 Å². The van der Waals surface area contributed by atoms with Crippen LogP contribution in [0.3, 0.4) is 0 Å². The second-order valence-electron chi connectivity index (χ2n) is 6.01. The number of nitrogens with zero attached hydrogens (tertiary/aromatic N) is 4. The number of amides is 2. The summed E-state index contributed by atoms with van der Waals surface area (Å²) in [6.07, 6.45) is 5.93. The van der Waals surface area contributed by atoms with E-state index in [1.54, 1.807) is 23.4 Å². The van der Waals surface area contributed by atoms with Gasteiger partial charge in [-0.2, -0.15) is 0 Å². The number of anilines is 1. The Labute approximate surface area is 129 Å². The van der Waals surface area contributed by atoms with E-state index >= 15 is 0 Å². The Hall–Kier alpha value is -2.18. The number of aromatic nitrogens is 2. The molecule has 0 aliphatic carbocycles. The molecule has 1 aromatic heterocycles. The van der Waals surface area contributed by atoms with E-state index in [-0.39, 0.29) is 23.7 Å². The van der Waals surface area contributed by atoms with Crippen molar-refractivity contribution in [3.05, 3.63) is 18.5 Å². The van der Waals surface area contributed by atoms with Gasteiger partial charge in [-0.1, -0.05) is 0 Å². The molecule has 0 spiro atoms. The molecule has 7 heteroatoms. The second-order valence-corrected chi connectivity index (χ2v) is 6.01. The lowest BCUT2D eigenvalue weighted by molar-refractivity contribution is -0.135. The third kappa shape index (κ3) is 3.03. The molecular formula is C15H21N5O2. The molecule has 2 aliphatic heterocycles. The van der Waals surface area contributed by atoms with Crippen LogP contribution in [-0.4, -0.2) is 52.9 Å². The molecule has 2 saturated heterocycles. The topological polar surface area (TPSA) is 92.4 Å². The van der Waals surface area contributed by atoms with Gasteiger partial charge in [-0.15, -0.1) is 0 Å². The van der Waals surface area contributed by atoms with Crippen molar-refractivity contribution in [2.45, 2.75) is 19.3 Å². The van der Waals surface area contributed by atoms with Crippen LogP contribution in [0.15, 0.2) is 18.5 Å². The predicted molar refractivity (Wildman–Crippen MR) is 80.9 cm³/mol. The molecule has 2 aliphatic rings. The fraction of sp³-hybridized carbons (Fsp3) is 0.600. The third-order valence-corrected chi connectivity index (χ3v) is 4.51. The van der Waals surface area contributed by atoms with Crippen LogP contribution >= 0.6 is 0 Å². The summed E-state index contributed by atoms with van der Waals surface area (Å²) >= 11 is 0. The van der Waals surface area contributed by atoms with Gasteiger partial charge in [0.2, 0.25) is 17.8 Å². The van der Waals surface area contributed by atoms with Gasteiger partial charge in [-0.05, 0) is 25.3 Å². The van der Waals surface area contributed by atoms with E-state index in [0.717, 1.165) is 19.4 Å². The molecule has 2 N–H and O–H groups in total. The number of nitrogens with two attached hydrogens (primary N) is 1. The minimum Gasteiger partial charge on any atom is -0.369 e. The fourth-order valence-electron chi connectivity index (χ4n) is 3.27. The highest BCUT2D eigenvalue weighted by molar-refractivity contribution is 5.82. The number of piperidine rings is 1. The number of hydrogen-bond acceptors (Lipinski definition) is 5. The molecule has 2 fully saturated rings. The third-order valence-electron chi connectivity index (χ3n) is 4.51. The normalized spacial score (nSPS) is 25.3. The molecule has 22 heavy (non-hydrogen) atoms. The first kappa shape index (κ1) is 14.7. The van der Waals surface area contributed by atoms with Crippen molar-refractivity contribution in [1.82, 2.24) is 14.9 Å². The molecule has 3 heterocycles. The SMILES string of the molecule is NC(=O)[C@@H]1CCN(C(=O)[C@H]2CCCN(c3ncccn3)C2)C1.